The zero-order valence-corrected chi connectivity index (χ0v) is 26.2. The van der Waals surface area contributed by atoms with Crippen molar-refractivity contribution in [3.63, 3.8) is 0 Å². The summed E-state index contributed by atoms with van der Waals surface area (Å²) in [6.45, 7) is -0.0328. The van der Waals surface area contributed by atoms with Crippen LogP contribution in [-0.4, -0.2) is 60.5 Å². The summed E-state index contributed by atoms with van der Waals surface area (Å²) in [4.78, 5) is 45.5. The molecule has 4 aromatic rings. The van der Waals surface area contributed by atoms with Crippen molar-refractivity contribution in [3.8, 4) is 16.3 Å². The molecule has 0 aliphatic carbocycles. The summed E-state index contributed by atoms with van der Waals surface area (Å²) < 4.78 is 65.4. The lowest BCUT2D eigenvalue weighted by atomic mass is 10.0. The summed E-state index contributed by atoms with van der Waals surface area (Å²) >= 11 is 0.936. The van der Waals surface area contributed by atoms with Crippen molar-refractivity contribution in [3.05, 3.63) is 99.1 Å². The number of nitrogens with one attached hydrogen (secondary N) is 1. The second kappa shape index (κ2) is 15.5. The Hall–Kier alpha value is -5.09. The number of amides is 2. The van der Waals surface area contributed by atoms with Crippen LogP contribution in [0.15, 0.2) is 60.7 Å². The number of halogens is 4. The molecular weight excluding hydrogens is 646 g/mol. The van der Waals surface area contributed by atoms with Crippen LogP contribution in [0.4, 0.5) is 38.9 Å². The molecular formula is C31H29F4N5O6S. The lowest BCUT2D eigenvalue weighted by molar-refractivity contribution is -0.384. The van der Waals surface area contributed by atoms with Gasteiger partial charge in [-0.15, -0.1) is 11.3 Å². The molecule has 0 atom stereocenters. The number of benzene rings is 2. The minimum Gasteiger partial charge on any atom is -0.472 e. The molecule has 16 heteroatoms. The highest BCUT2D eigenvalue weighted by Crippen LogP contribution is 2.44. The van der Waals surface area contributed by atoms with Gasteiger partial charge in [-0.05, 0) is 62.5 Å². The first kappa shape index (κ1) is 34.8. The Balaban J connectivity index is 1.92. The van der Waals surface area contributed by atoms with E-state index in [4.69, 9.17) is 9.47 Å². The van der Waals surface area contributed by atoms with E-state index in [1.165, 1.54) is 55.5 Å². The van der Waals surface area contributed by atoms with Gasteiger partial charge in [-0.3, -0.25) is 19.8 Å². The van der Waals surface area contributed by atoms with Crippen LogP contribution in [0.3, 0.4) is 0 Å². The highest BCUT2D eigenvalue weighted by atomic mass is 32.1. The molecule has 0 fully saturated rings. The molecule has 248 valence electrons. The molecule has 0 saturated heterocycles. The average molecular weight is 676 g/mol. The summed E-state index contributed by atoms with van der Waals surface area (Å²) in [5.74, 6) is -2.93. The molecule has 0 aliphatic heterocycles. The normalized spacial score (nSPS) is 11.1. The van der Waals surface area contributed by atoms with Gasteiger partial charge in [0.25, 0.3) is 18.0 Å². The number of pyridine rings is 1. The van der Waals surface area contributed by atoms with Crippen molar-refractivity contribution in [1.82, 2.24) is 9.88 Å². The number of nitro groups is 1. The molecule has 2 aromatic heterocycles. The van der Waals surface area contributed by atoms with Gasteiger partial charge in [0, 0.05) is 35.2 Å². The van der Waals surface area contributed by atoms with Crippen molar-refractivity contribution < 1.29 is 41.5 Å². The molecule has 11 nitrogen and oxygen atoms in total. The van der Waals surface area contributed by atoms with E-state index in [0.717, 1.165) is 28.4 Å². The first-order chi connectivity index (χ1) is 22.4. The van der Waals surface area contributed by atoms with Crippen LogP contribution in [0, 0.1) is 21.7 Å². The molecule has 4 rings (SSSR count). The van der Waals surface area contributed by atoms with E-state index in [-0.39, 0.29) is 41.1 Å². The number of anilines is 2. The summed E-state index contributed by atoms with van der Waals surface area (Å²) in [5.41, 5.74) is 0.106. The lowest BCUT2D eigenvalue weighted by Crippen LogP contribution is -2.33. The number of rotatable bonds is 13. The summed E-state index contributed by atoms with van der Waals surface area (Å²) in [5, 5.41) is 13.9. The predicted octanol–water partition coefficient (Wildman–Crippen LogP) is 7.12. The van der Waals surface area contributed by atoms with E-state index in [9.17, 15) is 37.3 Å². The number of hydrogen-bond donors (Lipinski definition) is 1. The van der Waals surface area contributed by atoms with Crippen LogP contribution < -0.4 is 15.0 Å². The molecule has 0 bridgehead atoms. The van der Waals surface area contributed by atoms with Gasteiger partial charge in [-0.25, -0.2) is 22.4 Å². The maximum atomic E-state index is 14.9. The standard InChI is InChI=1S/C31H29F4N5O6S/c1-4-45-31(42)39(16-20-22(32)7-5-8-23(20)33)30-27(29(41)37-25-9-6-10-26(36-25)46-17-24(34)35)21(15-38(2)3)28(47-30)18-11-13-19(14-12-18)40(43)44/h5-14,24H,4,15-17H2,1-3H3,(H,36,37,41). The second-order valence-corrected chi connectivity index (χ2v) is 11.1. The van der Waals surface area contributed by atoms with E-state index < -0.39 is 53.7 Å². The van der Waals surface area contributed by atoms with Crippen molar-refractivity contribution in [2.75, 3.05) is 37.5 Å². The van der Waals surface area contributed by atoms with Crippen molar-refractivity contribution in [2.45, 2.75) is 26.4 Å². The van der Waals surface area contributed by atoms with Gasteiger partial charge < -0.3 is 19.7 Å². The summed E-state index contributed by atoms with van der Waals surface area (Å²) in [6, 6.07) is 12.9. The quantitative estimate of drug-likeness (QED) is 0.0902. The number of thiophene rings is 1. The molecule has 1 N–H and O–H groups in total. The Labute approximate surface area is 270 Å². The monoisotopic (exact) mass is 675 g/mol. The number of carbonyl (C=O) groups excluding carboxylic acids is 2. The fraction of sp³-hybridized carbons (Fsp3) is 0.258. The van der Waals surface area contributed by atoms with Crippen LogP contribution in [0.5, 0.6) is 5.88 Å². The van der Waals surface area contributed by atoms with Crippen LogP contribution in [0.2, 0.25) is 0 Å². The predicted molar refractivity (Wildman–Crippen MR) is 167 cm³/mol. The molecule has 47 heavy (non-hydrogen) atoms. The van der Waals surface area contributed by atoms with E-state index in [1.807, 2.05) is 0 Å². The number of nitrogens with zero attached hydrogens (tertiary/aromatic N) is 4. The Morgan fingerprint density at radius 2 is 1.66 bits per heavy atom. The van der Waals surface area contributed by atoms with E-state index >= 15 is 0 Å². The number of alkyl halides is 2. The Morgan fingerprint density at radius 1 is 1.00 bits per heavy atom. The third kappa shape index (κ3) is 8.59. The van der Waals surface area contributed by atoms with Crippen molar-refractivity contribution >= 4 is 39.8 Å². The van der Waals surface area contributed by atoms with Gasteiger partial charge in [0.15, 0.2) is 6.61 Å². The van der Waals surface area contributed by atoms with Crippen LogP contribution >= 0.6 is 11.3 Å². The van der Waals surface area contributed by atoms with Gasteiger partial charge in [-0.1, -0.05) is 12.1 Å². The Bertz CT molecular complexity index is 1730. The zero-order valence-electron chi connectivity index (χ0n) is 25.3. The second-order valence-electron chi connectivity index (χ2n) is 10.1. The fourth-order valence-electron chi connectivity index (χ4n) is 4.47. The number of aromatic nitrogens is 1. The van der Waals surface area contributed by atoms with Gasteiger partial charge in [0.2, 0.25) is 5.88 Å². The first-order valence-electron chi connectivity index (χ1n) is 14.0. The van der Waals surface area contributed by atoms with Crippen LogP contribution in [0.1, 0.15) is 28.4 Å². The molecule has 2 amide bonds. The topological polar surface area (TPSA) is 127 Å². The molecule has 2 heterocycles. The summed E-state index contributed by atoms with van der Waals surface area (Å²) in [7, 11) is 3.45. The van der Waals surface area contributed by atoms with E-state index in [2.05, 4.69) is 10.3 Å². The molecule has 0 aliphatic rings. The fourth-order valence-corrected chi connectivity index (χ4v) is 5.77. The van der Waals surface area contributed by atoms with Crippen LogP contribution in [0.25, 0.3) is 10.4 Å². The van der Waals surface area contributed by atoms with Gasteiger partial charge in [0.05, 0.1) is 23.6 Å². The highest BCUT2D eigenvalue weighted by Gasteiger charge is 2.33. The number of non-ortho nitro benzene ring substituents is 1. The Morgan fingerprint density at radius 3 is 2.26 bits per heavy atom. The molecule has 0 unspecified atom stereocenters. The number of hydrogen-bond acceptors (Lipinski definition) is 9. The maximum absolute atomic E-state index is 14.9. The van der Waals surface area contributed by atoms with E-state index in [0.29, 0.717) is 16.0 Å². The molecule has 2 aromatic carbocycles. The van der Waals surface area contributed by atoms with Crippen LogP contribution in [-0.2, 0) is 17.8 Å². The minimum absolute atomic E-state index is 0.0427. The number of ether oxygens (including phenoxy) is 2. The van der Waals surface area contributed by atoms with E-state index in [1.54, 1.807) is 19.0 Å². The largest absolute Gasteiger partial charge is 0.472 e. The smallest absolute Gasteiger partial charge is 0.415 e. The minimum atomic E-state index is -2.76. The average Bonchev–Trinajstić information content (AvgIpc) is 3.38. The van der Waals surface area contributed by atoms with Crippen molar-refractivity contribution in [1.29, 1.82) is 0 Å². The number of nitro benzene ring substituents is 1. The van der Waals surface area contributed by atoms with Gasteiger partial charge in [-0.2, -0.15) is 4.98 Å². The van der Waals surface area contributed by atoms with Gasteiger partial charge in [0.1, 0.15) is 22.5 Å². The first-order valence-corrected chi connectivity index (χ1v) is 14.8. The zero-order chi connectivity index (χ0) is 34.2. The molecule has 0 saturated carbocycles. The Kier molecular flexibility index (Phi) is 11.4. The summed E-state index contributed by atoms with van der Waals surface area (Å²) in [6.07, 6.45) is -3.76. The lowest BCUT2D eigenvalue weighted by Gasteiger charge is -2.23. The third-order valence-corrected chi connectivity index (χ3v) is 7.77. The SMILES string of the molecule is CCOC(=O)N(Cc1c(F)cccc1F)c1sc(-c2ccc([N+](=O)[O-])cc2)c(CN(C)C)c1C(=O)Nc1cccc(OCC(F)F)n1. The molecule has 0 spiro atoms. The highest BCUT2D eigenvalue weighted by molar-refractivity contribution is 7.20. The maximum Gasteiger partial charge on any atom is 0.415 e. The van der Waals surface area contributed by atoms with Crippen molar-refractivity contribution in [2.24, 2.45) is 0 Å². The third-order valence-electron chi connectivity index (χ3n) is 6.46. The molecule has 0 radical (unpaired) electrons. The van der Waals surface area contributed by atoms with Gasteiger partial charge >= 0.3 is 6.09 Å². The number of carbonyl (C=O) groups is 2.